The van der Waals surface area contributed by atoms with Crippen molar-refractivity contribution in [3.63, 3.8) is 0 Å². The standard InChI is InChI=1S/C19H22N10O.2ClHO4.2H2O/c1-11-24-16(20)13(5-26(11)3)7-28-9-22-18-15(28)19(30)29(10-23-18)8-14-6-27(4)12(2)25-17(14)21;2*2-1(3,4)5;;/h5-6,9-10,20-21H,7-8H2,1-4H3;2*(H,2,3,4,5);2*1H2. The Morgan fingerprint density at radius 2 is 1.07 bits per heavy atom. The molecule has 0 aliphatic rings. The zero-order valence-corrected chi connectivity index (χ0v) is 23.9. The van der Waals surface area contributed by atoms with Crippen molar-refractivity contribution in [2.45, 2.75) is 26.9 Å². The van der Waals surface area contributed by atoms with Gasteiger partial charge in [0.1, 0.15) is 18.7 Å². The molecule has 8 N–H and O–H groups in total. The number of imidazole rings is 1. The molecule has 0 amide bonds. The van der Waals surface area contributed by atoms with Gasteiger partial charge >= 0.3 is 0 Å². The minimum Gasteiger partial charge on any atom is -0.412 e. The van der Waals surface area contributed by atoms with E-state index in [1.165, 1.54) is 10.9 Å². The third kappa shape index (κ3) is 11.6. The topological polar surface area (TPSA) is 386 Å². The summed E-state index contributed by atoms with van der Waals surface area (Å²) >= 11 is 0. The van der Waals surface area contributed by atoms with Gasteiger partial charge < -0.3 is 27.0 Å². The Hall–Kier alpha value is -3.71. The van der Waals surface area contributed by atoms with E-state index in [1.54, 1.807) is 10.9 Å². The van der Waals surface area contributed by atoms with Gasteiger partial charge in [0, 0.05) is 13.8 Å². The highest BCUT2D eigenvalue weighted by atomic mass is 35.7. The lowest BCUT2D eigenvalue weighted by Gasteiger charge is -2.17. The quantitative estimate of drug-likeness (QED) is 0.195. The number of halogens is 2. The number of hydrogen-bond donors (Lipinski definition) is 2. The van der Waals surface area contributed by atoms with Crippen LogP contribution in [0, 0.1) is 34.3 Å². The van der Waals surface area contributed by atoms with E-state index in [9.17, 15) is 4.79 Å². The van der Waals surface area contributed by atoms with E-state index in [4.69, 9.17) is 48.7 Å². The predicted molar refractivity (Wildman–Crippen MR) is 116 cm³/mol. The Morgan fingerprint density at radius 1 is 0.738 bits per heavy atom. The summed E-state index contributed by atoms with van der Waals surface area (Å²) in [4.78, 5) is 30.5. The van der Waals surface area contributed by atoms with E-state index < -0.39 is 20.5 Å². The van der Waals surface area contributed by atoms with Gasteiger partial charge in [-0.3, -0.25) is 9.36 Å². The maximum absolute atomic E-state index is 13.2. The number of fused-ring (bicyclic) bond motifs is 1. The lowest BCUT2D eigenvalue weighted by Crippen LogP contribution is -2.68. The molecule has 4 aromatic rings. The van der Waals surface area contributed by atoms with Crippen molar-refractivity contribution in [1.82, 2.24) is 29.1 Å². The van der Waals surface area contributed by atoms with E-state index in [-0.39, 0.29) is 23.1 Å². The molecule has 0 fully saturated rings. The van der Waals surface area contributed by atoms with Gasteiger partial charge in [-0.05, 0) is 9.97 Å². The molecule has 0 saturated carbocycles. The second-order valence-electron chi connectivity index (χ2n) is 8.10. The molecule has 4 rings (SSSR count). The van der Waals surface area contributed by atoms with Crippen LogP contribution in [0.4, 0.5) is 11.6 Å². The van der Waals surface area contributed by atoms with Gasteiger partial charge in [-0.1, -0.05) is 0 Å². The van der Waals surface area contributed by atoms with Crippen LogP contribution in [0.3, 0.4) is 0 Å². The van der Waals surface area contributed by atoms with Crippen LogP contribution in [-0.2, 0) is 27.2 Å². The molecule has 0 aromatic carbocycles. The molecule has 23 heteroatoms. The van der Waals surface area contributed by atoms with Crippen LogP contribution in [0.1, 0.15) is 22.8 Å². The summed E-state index contributed by atoms with van der Waals surface area (Å²) in [6.07, 6.45) is 6.83. The molecule has 0 saturated heterocycles. The van der Waals surface area contributed by atoms with E-state index in [2.05, 4.69) is 19.9 Å². The average molecular weight is 643 g/mol. The van der Waals surface area contributed by atoms with Crippen molar-refractivity contribution in [2.75, 3.05) is 11.5 Å². The number of rotatable bonds is 4. The van der Waals surface area contributed by atoms with Crippen molar-refractivity contribution >= 4 is 22.8 Å². The van der Waals surface area contributed by atoms with Crippen molar-refractivity contribution in [3.05, 3.63) is 58.2 Å². The lowest BCUT2D eigenvalue weighted by molar-refractivity contribution is -2.00. The molecule has 21 nitrogen and oxygen atoms in total. The first kappa shape index (κ1) is 38.3. The zero-order chi connectivity index (χ0) is 30.6. The predicted octanol–water partition coefficient (Wildman–Crippen LogP) is -12.3. The van der Waals surface area contributed by atoms with E-state index in [0.29, 0.717) is 29.3 Å². The Morgan fingerprint density at radius 3 is 1.45 bits per heavy atom. The third-order valence-corrected chi connectivity index (χ3v) is 5.23. The van der Waals surface area contributed by atoms with Gasteiger partial charge in [0.25, 0.3) is 17.2 Å². The third-order valence-electron chi connectivity index (χ3n) is 5.23. The maximum Gasteiger partial charge on any atom is 0.297 e. The van der Waals surface area contributed by atoms with Gasteiger partial charge in [0.2, 0.25) is 11.6 Å². The normalized spacial score (nSPS) is 11.0. The van der Waals surface area contributed by atoms with Gasteiger partial charge in [-0.25, -0.2) is 56.4 Å². The molecular formula is C19H28Cl2N10O11. The molecular weight excluding hydrogens is 615 g/mol. The number of aryl methyl sites for hydroxylation is 4. The van der Waals surface area contributed by atoms with Crippen molar-refractivity contribution < 1.29 is 77.8 Å². The first-order chi connectivity index (χ1) is 18.2. The molecule has 234 valence electrons. The molecule has 0 unspecified atom stereocenters. The Bertz CT molecular complexity index is 1530. The monoisotopic (exact) mass is 642 g/mol. The van der Waals surface area contributed by atoms with Crippen molar-refractivity contribution in [3.8, 4) is 0 Å². The van der Waals surface area contributed by atoms with Gasteiger partial charge in [-0.15, -0.1) is 20.5 Å². The number of hydrogen-bond acceptors (Lipinski definition) is 15. The average Bonchev–Trinajstić information content (AvgIpc) is 3.19. The summed E-state index contributed by atoms with van der Waals surface area (Å²) in [5, 5.41) is 0. The van der Waals surface area contributed by atoms with E-state index in [1.807, 2.05) is 49.5 Å². The summed E-state index contributed by atoms with van der Waals surface area (Å²) in [5.41, 5.74) is 14.2. The minimum absolute atomic E-state index is 0. The van der Waals surface area contributed by atoms with Crippen LogP contribution in [-0.4, -0.2) is 40.0 Å². The Balaban J connectivity index is 0.00000122. The minimum atomic E-state index is -4.94. The van der Waals surface area contributed by atoms with Gasteiger partial charge in [0.15, 0.2) is 11.2 Å². The number of anilines is 2. The number of nitrogens with two attached hydrogens (primary N) is 2. The molecule has 0 spiro atoms. The fourth-order valence-electron chi connectivity index (χ4n) is 3.28. The smallest absolute Gasteiger partial charge is 0.297 e. The van der Waals surface area contributed by atoms with E-state index >= 15 is 0 Å². The summed E-state index contributed by atoms with van der Waals surface area (Å²) in [7, 11) is -6.11. The van der Waals surface area contributed by atoms with Crippen LogP contribution in [0.2, 0.25) is 0 Å². The second-order valence-corrected chi connectivity index (χ2v) is 9.61. The lowest BCUT2D eigenvalue weighted by atomic mass is 10.3. The fraction of sp³-hybridized carbons (Fsp3) is 0.316. The highest BCUT2D eigenvalue weighted by Crippen LogP contribution is 2.13. The first-order valence-electron chi connectivity index (χ1n) is 10.6. The van der Waals surface area contributed by atoms with Crippen LogP contribution in [0.5, 0.6) is 0 Å². The molecule has 0 atom stereocenters. The molecule has 0 radical (unpaired) electrons. The van der Waals surface area contributed by atoms with Gasteiger partial charge in [0.05, 0.1) is 44.6 Å². The highest BCUT2D eigenvalue weighted by Gasteiger charge is 2.18. The molecule has 0 aliphatic heterocycles. The van der Waals surface area contributed by atoms with Crippen LogP contribution in [0.15, 0.2) is 29.8 Å². The highest BCUT2D eigenvalue weighted by molar-refractivity contribution is 5.69. The number of nitrogen functional groups attached to an aromatic ring is 2. The molecule has 4 aromatic heterocycles. The zero-order valence-electron chi connectivity index (χ0n) is 22.4. The maximum atomic E-state index is 13.2. The molecule has 0 bridgehead atoms. The summed E-state index contributed by atoms with van der Waals surface area (Å²) < 4.78 is 74.9. The summed E-state index contributed by atoms with van der Waals surface area (Å²) in [6.45, 7) is 4.35. The Kier molecular flexibility index (Phi) is 13.6. The second kappa shape index (κ2) is 15.0. The molecule has 0 aliphatic carbocycles. The summed E-state index contributed by atoms with van der Waals surface area (Å²) in [5.74, 6) is 2.39. The van der Waals surface area contributed by atoms with Crippen LogP contribution in [0.25, 0.3) is 11.2 Å². The largest absolute Gasteiger partial charge is 0.412 e. The van der Waals surface area contributed by atoms with Crippen LogP contribution < -0.4 is 63.4 Å². The van der Waals surface area contributed by atoms with Crippen LogP contribution >= 0.6 is 0 Å². The van der Waals surface area contributed by atoms with Crippen molar-refractivity contribution in [1.29, 1.82) is 0 Å². The summed E-state index contributed by atoms with van der Waals surface area (Å²) in [6, 6.07) is 0. The first-order valence-corrected chi connectivity index (χ1v) is 13.1. The SMILES string of the molecule is Cc1nc(N)c(Cn2cnc3ncn(Cc4c[n+](C)c(C)nc4N)c3c2=O)c[n+]1C.O.O.[O-][Cl+3]([O-])([O-])[O-].[O-][Cl+3]([O-])([O-])[O-]. The fourth-order valence-corrected chi connectivity index (χ4v) is 3.28. The number of aromatic nitrogens is 8. The van der Waals surface area contributed by atoms with Gasteiger partial charge in [-0.2, -0.15) is 0 Å². The molecule has 42 heavy (non-hydrogen) atoms. The van der Waals surface area contributed by atoms with Crippen molar-refractivity contribution in [2.24, 2.45) is 14.1 Å². The van der Waals surface area contributed by atoms with E-state index in [0.717, 1.165) is 22.8 Å². The Labute approximate surface area is 240 Å². The molecule has 4 heterocycles. The number of nitrogens with zero attached hydrogens (tertiary/aromatic N) is 8.